The van der Waals surface area contributed by atoms with Crippen LogP contribution < -0.4 is 4.74 Å². The van der Waals surface area contributed by atoms with Crippen LogP contribution in [0.25, 0.3) is 0 Å². The van der Waals surface area contributed by atoms with Gasteiger partial charge < -0.3 is 14.6 Å². The lowest BCUT2D eigenvalue weighted by Crippen LogP contribution is -2.54. The van der Waals surface area contributed by atoms with Gasteiger partial charge in [-0.05, 0) is 44.5 Å². The quantitative estimate of drug-likeness (QED) is 0.514. The van der Waals surface area contributed by atoms with E-state index >= 15 is 0 Å². The minimum absolute atomic E-state index is 0.199. The van der Waals surface area contributed by atoms with Crippen LogP contribution in [-0.2, 0) is 20.2 Å². The van der Waals surface area contributed by atoms with E-state index in [0.29, 0.717) is 11.4 Å². The van der Waals surface area contributed by atoms with Crippen LogP contribution >= 0.6 is 11.6 Å². The second-order valence-electron chi connectivity index (χ2n) is 6.63. The SMILES string of the molecule is CCCC(=O)OCC(C)(C)C(=O)C(O)(Oc1ccc(Cl)cc1)n1cncn1. The van der Waals surface area contributed by atoms with Crippen LogP contribution in [-0.4, -0.2) is 38.2 Å². The maximum atomic E-state index is 13.1. The number of nitrogens with zero attached hydrogens (tertiary/aromatic N) is 3. The molecule has 0 fully saturated rings. The number of ketones is 1. The summed E-state index contributed by atoms with van der Waals surface area (Å²) in [5.41, 5.74) is -1.25. The molecule has 0 bridgehead atoms. The first-order valence-electron chi connectivity index (χ1n) is 8.41. The smallest absolute Gasteiger partial charge is 0.376 e. The fourth-order valence-corrected chi connectivity index (χ4v) is 2.40. The maximum absolute atomic E-state index is 13.1. The zero-order chi connectivity index (χ0) is 20.1. The lowest BCUT2D eigenvalue weighted by molar-refractivity contribution is -0.222. The first-order valence-corrected chi connectivity index (χ1v) is 8.79. The topological polar surface area (TPSA) is 104 Å². The summed E-state index contributed by atoms with van der Waals surface area (Å²) in [6.07, 6.45) is 3.21. The van der Waals surface area contributed by atoms with E-state index in [0.717, 1.165) is 17.3 Å². The monoisotopic (exact) mass is 395 g/mol. The lowest BCUT2D eigenvalue weighted by atomic mass is 9.86. The number of Topliss-reactive ketones (excluding diaryl/α,β-unsaturated/α-hetero) is 1. The molecule has 1 atom stereocenters. The van der Waals surface area contributed by atoms with Gasteiger partial charge in [0, 0.05) is 11.4 Å². The Kier molecular flexibility index (Phi) is 6.56. The normalized spacial score (nSPS) is 13.7. The van der Waals surface area contributed by atoms with Gasteiger partial charge in [-0.1, -0.05) is 18.5 Å². The molecule has 0 amide bonds. The van der Waals surface area contributed by atoms with Crippen molar-refractivity contribution < 1.29 is 24.2 Å². The highest BCUT2D eigenvalue weighted by Gasteiger charge is 2.50. The second kappa shape index (κ2) is 8.49. The Balaban J connectivity index is 2.28. The summed E-state index contributed by atoms with van der Waals surface area (Å²) in [4.78, 5) is 28.6. The predicted octanol–water partition coefficient (Wildman–Crippen LogP) is 2.55. The van der Waals surface area contributed by atoms with Gasteiger partial charge in [-0.3, -0.25) is 9.59 Å². The van der Waals surface area contributed by atoms with Crippen molar-refractivity contribution in [1.82, 2.24) is 14.8 Å². The molecule has 0 saturated carbocycles. The summed E-state index contributed by atoms with van der Waals surface area (Å²) in [7, 11) is 0. The minimum Gasteiger partial charge on any atom is -0.465 e. The van der Waals surface area contributed by atoms with E-state index in [1.165, 1.54) is 12.1 Å². The number of halogens is 1. The summed E-state index contributed by atoms with van der Waals surface area (Å²) in [6, 6.07) is 6.12. The number of ether oxygens (including phenoxy) is 2. The summed E-state index contributed by atoms with van der Waals surface area (Å²) < 4.78 is 11.6. The highest BCUT2D eigenvalue weighted by molar-refractivity contribution is 6.30. The standard InChI is InChI=1S/C18H22ClN3O5/c1-4-5-15(23)26-10-17(2,3)16(24)18(25,22-12-20-11-21-22)27-14-8-6-13(19)7-9-14/h6-9,11-12,25H,4-5,10H2,1-3H3. The Hall–Kier alpha value is -2.45. The summed E-state index contributed by atoms with van der Waals surface area (Å²) in [5, 5.41) is 15.4. The number of hydrogen-bond donors (Lipinski definition) is 1. The molecule has 146 valence electrons. The van der Waals surface area contributed by atoms with Gasteiger partial charge in [0.1, 0.15) is 25.0 Å². The summed E-state index contributed by atoms with van der Waals surface area (Å²) in [6.45, 7) is 4.72. The molecule has 0 saturated heterocycles. The van der Waals surface area contributed by atoms with E-state index in [2.05, 4.69) is 10.1 Å². The molecule has 1 N–H and O–H groups in total. The van der Waals surface area contributed by atoms with Crippen LogP contribution in [0.5, 0.6) is 5.75 Å². The zero-order valence-corrected chi connectivity index (χ0v) is 16.1. The van der Waals surface area contributed by atoms with Crippen LogP contribution in [0, 0.1) is 5.41 Å². The number of carbonyl (C=O) groups is 2. The van der Waals surface area contributed by atoms with Gasteiger partial charge >= 0.3 is 11.9 Å². The molecule has 1 aromatic carbocycles. The lowest BCUT2D eigenvalue weighted by Gasteiger charge is -2.33. The highest BCUT2D eigenvalue weighted by atomic mass is 35.5. The van der Waals surface area contributed by atoms with Gasteiger partial charge in [0.15, 0.2) is 0 Å². The van der Waals surface area contributed by atoms with E-state index in [4.69, 9.17) is 21.1 Å². The number of hydrogen-bond acceptors (Lipinski definition) is 7. The van der Waals surface area contributed by atoms with Gasteiger partial charge in [0.05, 0.1) is 5.41 Å². The fourth-order valence-electron chi connectivity index (χ4n) is 2.27. The van der Waals surface area contributed by atoms with Crippen molar-refractivity contribution >= 4 is 23.4 Å². The molecule has 0 aliphatic heterocycles. The van der Waals surface area contributed by atoms with Gasteiger partial charge in [-0.15, -0.1) is 0 Å². The van der Waals surface area contributed by atoms with Crippen LogP contribution in [0.3, 0.4) is 0 Å². The molecular formula is C18H22ClN3O5. The first kappa shape index (κ1) is 20.9. The van der Waals surface area contributed by atoms with Gasteiger partial charge in [-0.25, -0.2) is 4.98 Å². The fraction of sp³-hybridized carbons (Fsp3) is 0.444. The number of benzene rings is 1. The Labute approximate surface area is 162 Å². The van der Waals surface area contributed by atoms with Crippen molar-refractivity contribution in [3.05, 3.63) is 41.9 Å². The third kappa shape index (κ3) is 5.05. The third-order valence-corrected chi connectivity index (χ3v) is 4.01. The minimum atomic E-state index is -2.48. The largest absolute Gasteiger partial charge is 0.465 e. The van der Waals surface area contributed by atoms with Crippen molar-refractivity contribution in [3.8, 4) is 5.75 Å². The molecule has 0 spiro atoms. The number of aromatic nitrogens is 3. The predicted molar refractivity (Wildman–Crippen MR) is 96.9 cm³/mol. The van der Waals surface area contributed by atoms with Gasteiger partial charge in [-0.2, -0.15) is 9.78 Å². The Bertz CT molecular complexity index is 777. The number of esters is 1. The summed E-state index contributed by atoms with van der Waals surface area (Å²) >= 11 is 5.85. The molecule has 1 heterocycles. The van der Waals surface area contributed by atoms with Crippen molar-refractivity contribution in [2.45, 2.75) is 39.5 Å². The molecule has 0 aliphatic rings. The zero-order valence-electron chi connectivity index (χ0n) is 15.4. The molecule has 8 nitrogen and oxygen atoms in total. The van der Waals surface area contributed by atoms with Crippen molar-refractivity contribution in [2.75, 3.05) is 6.61 Å². The number of rotatable bonds is 9. The van der Waals surface area contributed by atoms with E-state index in [-0.39, 0.29) is 18.8 Å². The molecule has 2 rings (SSSR count). The Morgan fingerprint density at radius 1 is 1.26 bits per heavy atom. The van der Waals surface area contributed by atoms with E-state index in [1.807, 2.05) is 6.92 Å². The van der Waals surface area contributed by atoms with Crippen molar-refractivity contribution in [2.24, 2.45) is 5.41 Å². The number of carbonyl (C=O) groups excluding carboxylic acids is 2. The second-order valence-corrected chi connectivity index (χ2v) is 7.06. The molecule has 9 heteroatoms. The van der Waals surface area contributed by atoms with Crippen molar-refractivity contribution in [3.63, 3.8) is 0 Å². The van der Waals surface area contributed by atoms with E-state index < -0.39 is 23.1 Å². The molecule has 27 heavy (non-hydrogen) atoms. The van der Waals surface area contributed by atoms with E-state index in [9.17, 15) is 14.7 Å². The van der Waals surface area contributed by atoms with Crippen LogP contribution in [0.1, 0.15) is 33.6 Å². The average molecular weight is 396 g/mol. The van der Waals surface area contributed by atoms with Gasteiger partial charge in [0.2, 0.25) is 5.78 Å². The third-order valence-electron chi connectivity index (χ3n) is 3.76. The maximum Gasteiger partial charge on any atom is 0.376 e. The van der Waals surface area contributed by atoms with Crippen LogP contribution in [0.4, 0.5) is 0 Å². The number of aliphatic hydroxyl groups is 1. The first-order chi connectivity index (χ1) is 12.7. The van der Waals surface area contributed by atoms with E-state index in [1.54, 1.807) is 26.0 Å². The highest BCUT2D eigenvalue weighted by Crippen LogP contribution is 2.30. The summed E-state index contributed by atoms with van der Waals surface area (Å²) in [5.74, 6) is -3.45. The molecule has 2 aromatic rings. The van der Waals surface area contributed by atoms with Crippen molar-refractivity contribution in [1.29, 1.82) is 0 Å². The Morgan fingerprint density at radius 3 is 2.48 bits per heavy atom. The Morgan fingerprint density at radius 2 is 1.93 bits per heavy atom. The van der Waals surface area contributed by atoms with Crippen LogP contribution in [0.15, 0.2) is 36.9 Å². The van der Waals surface area contributed by atoms with Crippen LogP contribution in [0.2, 0.25) is 5.02 Å². The molecule has 0 aliphatic carbocycles. The molecular weight excluding hydrogens is 374 g/mol. The molecule has 0 radical (unpaired) electrons. The molecule has 1 aromatic heterocycles. The molecule has 1 unspecified atom stereocenters. The average Bonchev–Trinajstić information content (AvgIpc) is 3.17. The van der Waals surface area contributed by atoms with Gasteiger partial charge in [0.25, 0.3) is 0 Å².